The third-order valence-corrected chi connectivity index (χ3v) is 8.11. The predicted molar refractivity (Wildman–Crippen MR) is 124 cm³/mol. The Hall–Kier alpha value is 1.07. The van der Waals surface area contributed by atoms with Crippen LogP contribution in [0, 0.1) is 12.2 Å². The van der Waals surface area contributed by atoms with Crippen molar-refractivity contribution in [3.05, 3.63) is 45.8 Å². The van der Waals surface area contributed by atoms with E-state index in [2.05, 4.69) is 90.5 Å². The first-order valence-electron chi connectivity index (χ1n) is 9.94. The van der Waals surface area contributed by atoms with Crippen LogP contribution in [0.25, 0.3) is 0 Å². The largest absolute Gasteiger partial charge is 1.00 e. The minimum Gasteiger partial charge on any atom is -1.00 e. The van der Waals surface area contributed by atoms with E-state index in [4.69, 9.17) is 0 Å². The molecule has 0 bridgehead atoms. The molecule has 0 atom stereocenters. The van der Waals surface area contributed by atoms with Crippen LogP contribution >= 0.6 is 0 Å². The van der Waals surface area contributed by atoms with Gasteiger partial charge in [-0.2, -0.15) is 11.1 Å². The van der Waals surface area contributed by atoms with Gasteiger partial charge in [-0.15, -0.1) is 12.8 Å². The number of halogens is 2. The SMILES string of the molecule is CCC1=CC([Si](C)(C)C)=[C-]C1.CCC1=CC([Si](C)(C)C)=[C-]C1.C[Si](C)=[Zr+2].[Cl-].[Cl-]. The molecule has 0 aromatic rings. The molecular weight excluding hydrogens is 511 g/mol. The van der Waals surface area contributed by atoms with Crippen LogP contribution in [0.5, 0.6) is 0 Å². The summed E-state index contributed by atoms with van der Waals surface area (Å²) in [6, 6.07) is 0. The fourth-order valence-corrected chi connectivity index (χ4v) is 4.96. The van der Waals surface area contributed by atoms with Crippen LogP contribution in [0.4, 0.5) is 0 Å². The van der Waals surface area contributed by atoms with E-state index in [1.165, 1.54) is 23.2 Å². The summed E-state index contributed by atoms with van der Waals surface area (Å²) in [5.41, 5.74) is 3.33. The molecule has 0 aromatic carbocycles. The second-order valence-electron chi connectivity index (χ2n) is 9.35. The summed E-state index contributed by atoms with van der Waals surface area (Å²) in [5.74, 6) is 0. The summed E-state index contributed by atoms with van der Waals surface area (Å²) in [7, 11) is -2.11. The number of hydrogen-bond donors (Lipinski definition) is 0. The molecule has 0 saturated heterocycles. The van der Waals surface area contributed by atoms with Crippen molar-refractivity contribution in [3.63, 3.8) is 0 Å². The van der Waals surface area contributed by atoms with Gasteiger partial charge in [0.15, 0.2) is 0 Å². The fourth-order valence-electron chi connectivity index (χ4n) is 2.45. The first-order valence-corrected chi connectivity index (χ1v) is 23.1. The van der Waals surface area contributed by atoms with Crippen molar-refractivity contribution in [1.82, 2.24) is 0 Å². The zero-order valence-electron chi connectivity index (χ0n) is 19.7. The third kappa shape index (κ3) is 15.0. The second-order valence-corrected chi connectivity index (χ2v) is 28.8. The summed E-state index contributed by atoms with van der Waals surface area (Å²) in [5, 5.41) is 3.05. The van der Waals surface area contributed by atoms with Gasteiger partial charge in [-0.1, -0.05) is 66.0 Å². The first-order chi connectivity index (χ1) is 11.8. The molecule has 0 spiro atoms. The zero-order valence-corrected chi connectivity index (χ0v) is 26.7. The molecule has 2 rings (SSSR count). The van der Waals surface area contributed by atoms with E-state index in [1.54, 1.807) is 34.5 Å². The van der Waals surface area contributed by atoms with Crippen LogP contribution in [0.2, 0.25) is 52.4 Å². The van der Waals surface area contributed by atoms with Crippen molar-refractivity contribution in [2.45, 2.75) is 91.9 Å². The normalized spacial score (nSPS) is 15.3. The molecule has 0 amide bonds. The molecule has 0 fully saturated rings. The molecular formula is C22H40Cl2Si3Zr-2. The van der Waals surface area contributed by atoms with Gasteiger partial charge in [0, 0.05) is 16.1 Å². The molecule has 0 saturated carbocycles. The van der Waals surface area contributed by atoms with Gasteiger partial charge in [-0.05, 0) is 0 Å². The van der Waals surface area contributed by atoms with Crippen molar-refractivity contribution >= 4 is 21.6 Å². The standard InChI is InChI=1S/2C10H17Si.C2H6Si.2ClH.Zr/c2*1-5-9-6-7-10(8-9)11(2,3)4;1-3-2;;;/h2*8H,5-6H2,1-4H3;1-2H3;2*1H;/q2*-1;;;;+2/p-2. The van der Waals surface area contributed by atoms with Gasteiger partial charge in [0.05, 0.1) is 0 Å². The van der Waals surface area contributed by atoms with Crippen LogP contribution in [-0.4, -0.2) is 21.6 Å². The van der Waals surface area contributed by atoms with Crippen molar-refractivity contribution < 1.29 is 48.1 Å². The number of rotatable bonds is 4. The van der Waals surface area contributed by atoms with Crippen molar-refractivity contribution in [2.75, 3.05) is 0 Å². The number of hydrogen-bond acceptors (Lipinski definition) is 0. The topological polar surface area (TPSA) is 0 Å². The van der Waals surface area contributed by atoms with Gasteiger partial charge in [0.2, 0.25) is 0 Å². The molecule has 2 aliphatic rings. The molecule has 0 N–H and O–H groups in total. The Morgan fingerprint density at radius 2 is 1.04 bits per heavy atom. The average Bonchev–Trinajstić information content (AvgIpc) is 3.15. The van der Waals surface area contributed by atoms with Crippen molar-refractivity contribution in [2.24, 2.45) is 0 Å². The Morgan fingerprint density at radius 3 is 1.14 bits per heavy atom. The maximum Gasteiger partial charge on any atom is -1.00 e. The van der Waals surface area contributed by atoms with Gasteiger partial charge in [-0.25, -0.2) is 22.5 Å². The quantitative estimate of drug-likeness (QED) is 0.367. The molecule has 6 heteroatoms. The fraction of sp³-hybridized carbons (Fsp3) is 0.636. The van der Waals surface area contributed by atoms with Gasteiger partial charge in [0.1, 0.15) is 0 Å². The molecule has 160 valence electrons. The van der Waals surface area contributed by atoms with Gasteiger partial charge >= 0.3 is 41.9 Å². The Morgan fingerprint density at radius 1 is 0.786 bits per heavy atom. The summed E-state index contributed by atoms with van der Waals surface area (Å²) in [6.07, 6.45) is 16.3. The van der Waals surface area contributed by atoms with Crippen molar-refractivity contribution in [1.29, 1.82) is 0 Å². The maximum atomic E-state index is 3.48. The average molecular weight is 551 g/mol. The minimum absolute atomic E-state index is 0. The van der Waals surface area contributed by atoms with E-state index in [-0.39, 0.29) is 30.2 Å². The predicted octanol–water partition coefficient (Wildman–Crippen LogP) is 1.46. The summed E-state index contributed by atoms with van der Waals surface area (Å²) < 4.78 is 0. The van der Waals surface area contributed by atoms with E-state index in [9.17, 15) is 0 Å². The first kappa shape index (κ1) is 33.7. The summed E-state index contributed by atoms with van der Waals surface area (Å²) in [4.78, 5) is 0. The molecule has 0 aliphatic heterocycles. The van der Waals surface area contributed by atoms with Crippen LogP contribution in [-0.2, 0) is 23.3 Å². The number of allylic oxidation sites excluding steroid dienone is 8. The molecule has 0 unspecified atom stereocenters. The summed E-state index contributed by atoms with van der Waals surface area (Å²) >= 11 is 1.74. The Labute approximate surface area is 206 Å². The Bertz CT molecular complexity index is 552. The van der Waals surface area contributed by atoms with Crippen LogP contribution in [0.3, 0.4) is 0 Å². The van der Waals surface area contributed by atoms with E-state index >= 15 is 0 Å². The smallest absolute Gasteiger partial charge is 1.00 e. The summed E-state index contributed by atoms with van der Waals surface area (Å²) in [6.45, 7) is 23.3. The van der Waals surface area contributed by atoms with E-state index in [0.29, 0.717) is 0 Å². The van der Waals surface area contributed by atoms with Crippen molar-refractivity contribution in [3.8, 4) is 0 Å². The molecule has 28 heavy (non-hydrogen) atoms. The van der Waals surface area contributed by atoms with E-state index < -0.39 is 16.1 Å². The molecule has 0 aromatic heterocycles. The van der Waals surface area contributed by atoms with E-state index in [1.807, 2.05) is 0 Å². The third-order valence-electron chi connectivity index (χ3n) is 4.23. The van der Waals surface area contributed by atoms with Crippen LogP contribution in [0.1, 0.15) is 39.5 Å². The van der Waals surface area contributed by atoms with Gasteiger partial charge in [0.25, 0.3) is 0 Å². The zero-order chi connectivity index (χ0) is 20.5. The van der Waals surface area contributed by atoms with Gasteiger partial charge < -0.3 is 24.8 Å². The minimum atomic E-state index is -1.05. The van der Waals surface area contributed by atoms with Gasteiger partial charge in [-0.3, -0.25) is 12.2 Å². The van der Waals surface area contributed by atoms with E-state index in [0.717, 1.165) is 12.8 Å². The monoisotopic (exact) mass is 548 g/mol. The Kier molecular flexibility index (Phi) is 19.0. The molecule has 0 nitrogen and oxygen atoms in total. The Balaban J connectivity index is -0.000000355. The van der Waals surface area contributed by atoms with Crippen LogP contribution < -0.4 is 24.8 Å². The molecule has 0 radical (unpaired) electrons. The second kappa shape index (κ2) is 15.8. The maximum absolute atomic E-state index is 3.48. The van der Waals surface area contributed by atoms with Crippen LogP contribution in [0.15, 0.2) is 33.7 Å². The molecule has 0 heterocycles. The molecule has 2 aliphatic carbocycles.